The highest BCUT2D eigenvalue weighted by Crippen LogP contribution is 2.36. The Morgan fingerprint density at radius 1 is 1.00 bits per heavy atom. The summed E-state index contributed by atoms with van der Waals surface area (Å²) in [5.74, 6) is -0.321. The molecule has 2 aromatic carbocycles. The first kappa shape index (κ1) is 19.8. The van der Waals surface area contributed by atoms with Gasteiger partial charge in [-0.1, -0.05) is 24.6 Å². The Bertz CT molecular complexity index is 1040. The van der Waals surface area contributed by atoms with Gasteiger partial charge in [-0.25, -0.2) is 4.90 Å². The third-order valence-corrected chi connectivity index (χ3v) is 5.69. The summed E-state index contributed by atoms with van der Waals surface area (Å²) in [6.45, 7) is 5.49. The van der Waals surface area contributed by atoms with E-state index in [1.54, 1.807) is 24.3 Å². The summed E-state index contributed by atoms with van der Waals surface area (Å²) in [4.78, 5) is 40.7. The molecule has 1 fully saturated rings. The number of non-ortho nitro benzene ring substituents is 1. The number of anilines is 1. The molecule has 2 heterocycles. The van der Waals surface area contributed by atoms with Crippen LogP contribution in [0.3, 0.4) is 0 Å². The molecule has 0 bridgehead atoms. The van der Waals surface area contributed by atoms with E-state index in [-0.39, 0.29) is 11.6 Å². The lowest BCUT2D eigenvalue weighted by molar-refractivity contribution is -0.384. The first-order chi connectivity index (χ1) is 14.4. The van der Waals surface area contributed by atoms with Crippen LogP contribution in [0.15, 0.2) is 54.2 Å². The number of aryl methyl sites for hydroxylation is 1. The van der Waals surface area contributed by atoms with E-state index in [1.165, 1.54) is 17.0 Å². The van der Waals surface area contributed by atoms with Crippen molar-refractivity contribution in [3.8, 4) is 0 Å². The number of nitrogens with zero attached hydrogens (tertiary/aromatic N) is 3. The van der Waals surface area contributed by atoms with E-state index in [4.69, 9.17) is 0 Å². The molecule has 2 aliphatic heterocycles. The summed E-state index contributed by atoms with van der Waals surface area (Å²) in [6.07, 6.45) is 2.03. The van der Waals surface area contributed by atoms with Gasteiger partial charge in [0.1, 0.15) is 5.70 Å². The van der Waals surface area contributed by atoms with E-state index in [0.717, 1.165) is 18.4 Å². The Balaban J connectivity index is 1.81. The molecule has 30 heavy (non-hydrogen) atoms. The van der Waals surface area contributed by atoms with Gasteiger partial charge in [0.25, 0.3) is 17.5 Å². The topological polar surface area (TPSA) is 83.8 Å². The summed E-state index contributed by atoms with van der Waals surface area (Å²) in [6, 6.07) is 13.1. The highest BCUT2D eigenvalue weighted by Gasteiger charge is 2.43. The number of piperidine rings is 1. The minimum atomic E-state index is -0.481. The van der Waals surface area contributed by atoms with Gasteiger partial charge < -0.3 is 4.90 Å². The van der Waals surface area contributed by atoms with E-state index in [0.29, 0.717) is 41.5 Å². The zero-order valence-electron chi connectivity index (χ0n) is 17.0. The number of likely N-dealkylation sites (tertiary alicyclic amines) is 1. The standard InChI is InChI=1S/C23H23N3O4/c1-15-5-9-18(10-6-15)25-22(27)20(17-7-11-19(12-8-17)26(29)30)21(23(25)28)24-13-3-4-16(2)14-24/h5-12,16H,3-4,13-14H2,1-2H3. The molecule has 0 spiro atoms. The monoisotopic (exact) mass is 405 g/mol. The molecule has 0 aromatic heterocycles. The number of carbonyl (C=O) groups is 2. The Kier molecular flexibility index (Phi) is 5.11. The van der Waals surface area contributed by atoms with E-state index in [1.807, 2.05) is 24.0 Å². The summed E-state index contributed by atoms with van der Waals surface area (Å²) in [5.41, 5.74) is 2.72. The minimum absolute atomic E-state index is 0.0559. The molecular formula is C23H23N3O4. The lowest BCUT2D eigenvalue weighted by atomic mass is 9.97. The quantitative estimate of drug-likeness (QED) is 0.437. The molecule has 7 nitrogen and oxygen atoms in total. The first-order valence-corrected chi connectivity index (χ1v) is 10.1. The van der Waals surface area contributed by atoms with Crippen LogP contribution in [0.25, 0.3) is 5.57 Å². The van der Waals surface area contributed by atoms with Crippen LogP contribution < -0.4 is 4.90 Å². The molecule has 1 atom stereocenters. The second-order valence-corrected chi connectivity index (χ2v) is 8.00. The summed E-state index contributed by atoms with van der Waals surface area (Å²) < 4.78 is 0. The number of benzene rings is 2. The maximum atomic E-state index is 13.5. The van der Waals surface area contributed by atoms with Gasteiger partial charge in [-0.05, 0) is 55.5 Å². The zero-order valence-corrected chi connectivity index (χ0v) is 17.0. The lowest BCUT2D eigenvalue weighted by Gasteiger charge is -2.33. The van der Waals surface area contributed by atoms with Gasteiger partial charge in [0.05, 0.1) is 16.2 Å². The van der Waals surface area contributed by atoms with Crippen LogP contribution in [0.4, 0.5) is 11.4 Å². The number of imide groups is 1. The summed E-state index contributed by atoms with van der Waals surface area (Å²) in [5, 5.41) is 11.0. The predicted molar refractivity (Wildman–Crippen MR) is 114 cm³/mol. The second-order valence-electron chi connectivity index (χ2n) is 8.00. The van der Waals surface area contributed by atoms with Crippen molar-refractivity contribution in [1.29, 1.82) is 0 Å². The van der Waals surface area contributed by atoms with Gasteiger partial charge >= 0.3 is 0 Å². The van der Waals surface area contributed by atoms with E-state index in [2.05, 4.69) is 6.92 Å². The van der Waals surface area contributed by atoms with Crippen LogP contribution in [0.1, 0.15) is 30.9 Å². The zero-order chi connectivity index (χ0) is 21.4. The van der Waals surface area contributed by atoms with E-state index < -0.39 is 10.8 Å². The van der Waals surface area contributed by atoms with Crippen LogP contribution in [0.5, 0.6) is 0 Å². The molecule has 2 amide bonds. The predicted octanol–water partition coefficient (Wildman–Crippen LogP) is 3.92. The Labute approximate surface area is 174 Å². The average molecular weight is 405 g/mol. The third kappa shape index (κ3) is 3.47. The normalized spacial score (nSPS) is 19.6. The number of hydrogen-bond donors (Lipinski definition) is 0. The van der Waals surface area contributed by atoms with E-state index in [9.17, 15) is 19.7 Å². The Hall–Kier alpha value is -3.48. The number of nitro benzene ring substituents is 1. The maximum absolute atomic E-state index is 13.5. The molecule has 7 heteroatoms. The number of carbonyl (C=O) groups excluding carboxylic acids is 2. The molecule has 0 saturated carbocycles. The molecule has 2 aromatic rings. The van der Waals surface area contributed by atoms with Crippen molar-refractivity contribution < 1.29 is 14.5 Å². The van der Waals surface area contributed by atoms with Crippen molar-refractivity contribution in [1.82, 2.24) is 4.90 Å². The third-order valence-electron chi connectivity index (χ3n) is 5.69. The van der Waals surface area contributed by atoms with Gasteiger partial charge in [0, 0.05) is 25.2 Å². The van der Waals surface area contributed by atoms with Crippen molar-refractivity contribution in [3.05, 3.63) is 75.5 Å². The van der Waals surface area contributed by atoms with Gasteiger partial charge in [0.15, 0.2) is 0 Å². The Morgan fingerprint density at radius 3 is 2.27 bits per heavy atom. The fraction of sp³-hybridized carbons (Fsp3) is 0.304. The van der Waals surface area contributed by atoms with E-state index >= 15 is 0 Å². The van der Waals surface area contributed by atoms with Crippen molar-refractivity contribution in [2.24, 2.45) is 5.92 Å². The molecule has 1 saturated heterocycles. The van der Waals surface area contributed by atoms with Gasteiger partial charge in [-0.2, -0.15) is 0 Å². The molecule has 2 aliphatic rings. The summed E-state index contributed by atoms with van der Waals surface area (Å²) in [7, 11) is 0. The smallest absolute Gasteiger partial charge is 0.282 e. The largest absolute Gasteiger partial charge is 0.366 e. The SMILES string of the molecule is Cc1ccc(N2C(=O)C(c3ccc([N+](=O)[O-])cc3)=C(N3CCCC(C)C3)C2=O)cc1. The van der Waals surface area contributed by atoms with Crippen molar-refractivity contribution in [3.63, 3.8) is 0 Å². The molecule has 0 N–H and O–H groups in total. The highest BCUT2D eigenvalue weighted by atomic mass is 16.6. The fourth-order valence-corrected chi connectivity index (χ4v) is 4.14. The lowest BCUT2D eigenvalue weighted by Crippen LogP contribution is -2.39. The summed E-state index contributed by atoms with van der Waals surface area (Å²) >= 11 is 0. The number of nitro groups is 1. The van der Waals surface area contributed by atoms with Crippen LogP contribution >= 0.6 is 0 Å². The van der Waals surface area contributed by atoms with Gasteiger partial charge in [-0.3, -0.25) is 19.7 Å². The maximum Gasteiger partial charge on any atom is 0.282 e. The van der Waals surface area contributed by atoms with Gasteiger partial charge in [-0.15, -0.1) is 0 Å². The second kappa shape index (κ2) is 7.74. The van der Waals surface area contributed by atoms with Crippen molar-refractivity contribution in [2.45, 2.75) is 26.7 Å². The van der Waals surface area contributed by atoms with Gasteiger partial charge in [0.2, 0.25) is 0 Å². The molecular weight excluding hydrogens is 382 g/mol. The Morgan fingerprint density at radius 2 is 1.67 bits per heavy atom. The molecule has 0 aliphatic carbocycles. The average Bonchev–Trinajstić information content (AvgIpc) is 2.99. The van der Waals surface area contributed by atoms with Crippen LogP contribution in [-0.4, -0.2) is 34.7 Å². The molecule has 154 valence electrons. The first-order valence-electron chi connectivity index (χ1n) is 10.1. The molecule has 0 radical (unpaired) electrons. The van der Waals surface area contributed by atoms with Crippen molar-refractivity contribution >= 4 is 28.8 Å². The number of amides is 2. The van der Waals surface area contributed by atoms with Crippen LogP contribution in [0, 0.1) is 23.0 Å². The highest BCUT2D eigenvalue weighted by molar-refractivity contribution is 6.45. The number of hydrogen-bond acceptors (Lipinski definition) is 5. The van der Waals surface area contributed by atoms with Crippen LogP contribution in [-0.2, 0) is 9.59 Å². The molecule has 1 unspecified atom stereocenters. The van der Waals surface area contributed by atoms with Crippen molar-refractivity contribution in [2.75, 3.05) is 18.0 Å². The molecule has 4 rings (SSSR count). The van der Waals surface area contributed by atoms with Crippen LogP contribution in [0.2, 0.25) is 0 Å². The minimum Gasteiger partial charge on any atom is -0.366 e. The number of rotatable bonds is 4. The fourth-order valence-electron chi connectivity index (χ4n) is 4.14.